The molecule has 0 radical (unpaired) electrons. The molecule has 2 aromatic carbocycles. The second-order valence-corrected chi connectivity index (χ2v) is 6.13. The zero-order chi connectivity index (χ0) is 19.4. The molecule has 142 valence electrons. The lowest BCUT2D eigenvalue weighted by Gasteiger charge is -2.18. The van der Waals surface area contributed by atoms with Crippen LogP contribution in [0.3, 0.4) is 0 Å². The second-order valence-electron chi connectivity index (χ2n) is 6.13. The third kappa shape index (κ3) is 3.81. The highest BCUT2D eigenvalue weighted by Crippen LogP contribution is 2.38. The number of carbonyl (C=O) groups is 2. The number of nitrogens with one attached hydrogen (secondary N) is 1. The third-order valence-corrected chi connectivity index (χ3v) is 4.46. The Labute approximate surface area is 157 Å². The molecule has 2 amide bonds. The lowest BCUT2D eigenvalue weighted by atomic mass is 10.1. The van der Waals surface area contributed by atoms with Gasteiger partial charge in [0.25, 0.3) is 5.91 Å². The summed E-state index contributed by atoms with van der Waals surface area (Å²) in [5.74, 6) is 0.895. The fourth-order valence-electron chi connectivity index (χ4n) is 3.14. The van der Waals surface area contributed by atoms with E-state index in [1.165, 1.54) is 21.3 Å². The van der Waals surface area contributed by atoms with Crippen LogP contribution < -0.4 is 24.4 Å². The summed E-state index contributed by atoms with van der Waals surface area (Å²) in [5, 5.41) is 2.91. The number of amides is 2. The highest BCUT2D eigenvalue weighted by molar-refractivity contribution is 5.99. The molecule has 2 aromatic rings. The fourth-order valence-corrected chi connectivity index (χ4v) is 3.14. The monoisotopic (exact) mass is 370 g/mol. The Morgan fingerprint density at radius 3 is 2.22 bits per heavy atom. The van der Waals surface area contributed by atoms with Crippen molar-refractivity contribution >= 4 is 17.5 Å². The molecular weight excluding hydrogens is 348 g/mol. The van der Waals surface area contributed by atoms with E-state index < -0.39 is 0 Å². The van der Waals surface area contributed by atoms with Crippen LogP contribution in [0.2, 0.25) is 0 Å². The molecular formula is C20H22N2O5. The molecule has 3 rings (SSSR count). The van der Waals surface area contributed by atoms with Gasteiger partial charge in [-0.15, -0.1) is 0 Å². The molecule has 1 heterocycles. The molecule has 0 saturated carbocycles. The average Bonchev–Trinajstić information content (AvgIpc) is 3.07. The molecule has 27 heavy (non-hydrogen) atoms. The van der Waals surface area contributed by atoms with Crippen molar-refractivity contribution in [2.75, 3.05) is 32.8 Å². The number of anilines is 1. The van der Waals surface area contributed by atoms with Crippen LogP contribution in [0.1, 0.15) is 16.8 Å². The molecule has 1 saturated heterocycles. The number of carbonyl (C=O) groups excluding carboxylic acids is 2. The summed E-state index contributed by atoms with van der Waals surface area (Å²) in [6.45, 7) is 0.430. The first-order valence-electron chi connectivity index (χ1n) is 8.53. The molecule has 0 aliphatic carbocycles. The van der Waals surface area contributed by atoms with E-state index in [2.05, 4.69) is 5.32 Å². The van der Waals surface area contributed by atoms with Crippen LogP contribution in [0.4, 0.5) is 5.69 Å². The first kappa shape index (κ1) is 18.6. The van der Waals surface area contributed by atoms with E-state index in [0.29, 0.717) is 29.4 Å². The predicted octanol–water partition coefficient (Wildman–Crippen LogP) is 2.25. The van der Waals surface area contributed by atoms with Gasteiger partial charge in [-0.1, -0.05) is 18.2 Å². The molecule has 0 unspecified atom stereocenters. The van der Waals surface area contributed by atoms with E-state index in [4.69, 9.17) is 14.2 Å². The van der Waals surface area contributed by atoms with E-state index in [0.717, 1.165) is 5.69 Å². The minimum Gasteiger partial charge on any atom is -0.493 e. The lowest BCUT2D eigenvalue weighted by molar-refractivity contribution is -0.117. The summed E-state index contributed by atoms with van der Waals surface area (Å²) >= 11 is 0. The van der Waals surface area contributed by atoms with Crippen molar-refractivity contribution in [1.29, 1.82) is 0 Å². The summed E-state index contributed by atoms with van der Waals surface area (Å²) in [4.78, 5) is 26.7. The van der Waals surface area contributed by atoms with Crippen molar-refractivity contribution in [2.45, 2.75) is 12.5 Å². The van der Waals surface area contributed by atoms with Crippen molar-refractivity contribution in [1.82, 2.24) is 5.32 Å². The molecule has 1 aliphatic heterocycles. The number of benzene rings is 2. The van der Waals surface area contributed by atoms with Crippen molar-refractivity contribution < 1.29 is 23.8 Å². The second kappa shape index (κ2) is 7.99. The molecule has 1 atom stereocenters. The number of ether oxygens (including phenoxy) is 3. The Balaban J connectivity index is 1.75. The smallest absolute Gasteiger partial charge is 0.251 e. The van der Waals surface area contributed by atoms with Crippen LogP contribution in [0, 0.1) is 0 Å². The van der Waals surface area contributed by atoms with E-state index in [1.54, 1.807) is 17.0 Å². The van der Waals surface area contributed by atoms with Crippen LogP contribution in [0.5, 0.6) is 17.2 Å². The Bertz CT molecular complexity index is 813. The van der Waals surface area contributed by atoms with Gasteiger partial charge in [0.15, 0.2) is 11.5 Å². The SMILES string of the molecule is COc1cc(C(=O)N[C@@H]2CC(=O)N(c3ccccc3)C2)cc(OC)c1OC. The van der Waals surface area contributed by atoms with Gasteiger partial charge >= 0.3 is 0 Å². The Kier molecular flexibility index (Phi) is 5.49. The highest BCUT2D eigenvalue weighted by Gasteiger charge is 2.32. The van der Waals surface area contributed by atoms with Gasteiger partial charge in [-0.25, -0.2) is 0 Å². The zero-order valence-electron chi connectivity index (χ0n) is 15.5. The number of hydrogen-bond acceptors (Lipinski definition) is 5. The maximum Gasteiger partial charge on any atom is 0.251 e. The summed E-state index contributed by atoms with van der Waals surface area (Å²) < 4.78 is 15.8. The summed E-state index contributed by atoms with van der Waals surface area (Å²) in [6.07, 6.45) is 0.255. The molecule has 1 aliphatic rings. The van der Waals surface area contributed by atoms with Crippen molar-refractivity contribution in [3.8, 4) is 17.2 Å². The van der Waals surface area contributed by atoms with E-state index >= 15 is 0 Å². The molecule has 7 heteroatoms. The van der Waals surface area contributed by atoms with Crippen LogP contribution in [0.25, 0.3) is 0 Å². The highest BCUT2D eigenvalue weighted by atomic mass is 16.5. The molecule has 0 bridgehead atoms. The van der Waals surface area contributed by atoms with Crippen molar-refractivity contribution in [3.05, 3.63) is 48.0 Å². The molecule has 0 spiro atoms. The van der Waals surface area contributed by atoms with Crippen LogP contribution in [-0.4, -0.2) is 45.7 Å². The van der Waals surface area contributed by atoms with Gasteiger partial charge in [-0.2, -0.15) is 0 Å². The lowest BCUT2D eigenvalue weighted by Crippen LogP contribution is -2.37. The number of hydrogen-bond donors (Lipinski definition) is 1. The van der Waals surface area contributed by atoms with E-state index in [1.807, 2.05) is 30.3 Å². The Hall–Kier alpha value is -3.22. The first-order valence-corrected chi connectivity index (χ1v) is 8.53. The standard InChI is InChI=1S/C20H22N2O5/c1-25-16-9-13(10-17(26-2)19(16)27-3)20(24)21-14-11-18(23)22(12-14)15-7-5-4-6-8-15/h4-10,14H,11-12H2,1-3H3,(H,21,24)/t14-/m1/s1. The van der Waals surface area contributed by atoms with Gasteiger partial charge in [0.05, 0.1) is 27.4 Å². The quantitative estimate of drug-likeness (QED) is 0.844. The van der Waals surface area contributed by atoms with E-state index in [9.17, 15) is 9.59 Å². The Morgan fingerprint density at radius 1 is 1.04 bits per heavy atom. The number of methoxy groups -OCH3 is 3. The maximum absolute atomic E-state index is 12.7. The normalized spacial score (nSPS) is 16.2. The zero-order valence-corrected chi connectivity index (χ0v) is 15.5. The topological polar surface area (TPSA) is 77.1 Å². The van der Waals surface area contributed by atoms with Gasteiger partial charge in [0.2, 0.25) is 11.7 Å². The largest absolute Gasteiger partial charge is 0.493 e. The maximum atomic E-state index is 12.7. The molecule has 0 aromatic heterocycles. The fraction of sp³-hybridized carbons (Fsp3) is 0.300. The van der Waals surface area contributed by atoms with Gasteiger partial charge in [0.1, 0.15) is 0 Å². The van der Waals surface area contributed by atoms with Crippen LogP contribution >= 0.6 is 0 Å². The summed E-state index contributed by atoms with van der Waals surface area (Å²) in [6, 6.07) is 12.3. The minimum absolute atomic E-state index is 0.0172. The Morgan fingerprint density at radius 2 is 1.67 bits per heavy atom. The number of rotatable bonds is 6. The predicted molar refractivity (Wildman–Crippen MR) is 101 cm³/mol. The third-order valence-electron chi connectivity index (χ3n) is 4.46. The average molecular weight is 370 g/mol. The minimum atomic E-state index is -0.304. The van der Waals surface area contributed by atoms with E-state index in [-0.39, 0.29) is 24.3 Å². The number of nitrogens with zero attached hydrogens (tertiary/aromatic N) is 1. The first-order chi connectivity index (χ1) is 13.1. The van der Waals surface area contributed by atoms with Crippen LogP contribution in [-0.2, 0) is 4.79 Å². The summed E-state index contributed by atoms with van der Waals surface area (Å²) in [7, 11) is 4.49. The van der Waals surface area contributed by atoms with Crippen molar-refractivity contribution in [2.24, 2.45) is 0 Å². The van der Waals surface area contributed by atoms with Crippen LogP contribution in [0.15, 0.2) is 42.5 Å². The summed E-state index contributed by atoms with van der Waals surface area (Å²) in [5.41, 5.74) is 1.20. The van der Waals surface area contributed by atoms with Gasteiger partial charge in [-0.05, 0) is 24.3 Å². The van der Waals surface area contributed by atoms with Crippen molar-refractivity contribution in [3.63, 3.8) is 0 Å². The molecule has 1 fully saturated rings. The van der Waals surface area contributed by atoms with Gasteiger partial charge < -0.3 is 24.4 Å². The molecule has 7 nitrogen and oxygen atoms in total. The van der Waals surface area contributed by atoms with Gasteiger partial charge in [-0.3, -0.25) is 9.59 Å². The molecule has 1 N–H and O–H groups in total. The number of para-hydroxylation sites is 1. The van der Waals surface area contributed by atoms with Gasteiger partial charge in [0, 0.05) is 24.2 Å².